The van der Waals surface area contributed by atoms with Gasteiger partial charge in [0.25, 0.3) is 0 Å². The molecule has 2 aliphatic rings. The van der Waals surface area contributed by atoms with Crippen molar-refractivity contribution in [3.8, 4) is 22.5 Å². The second-order valence-corrected chi connectivity index (χ2v) is 9.16. The number of carboxylic acids is 1. The second kappa shape index (κ2) is 12.6. The van der Waals surface area contributed by atoms with Crippen molar-refractivity contribution in [1.29, 1.82) is 0 Å². The summed E-state index contributed by atoms with van der Waals surface area (Å²) in [5.74, 6) is -0.989. The van der Waals surface area contributed by atoms with Crippen molar-refractivity contribution in [3.05, 3.63) is 76.1 Å². The van der Waals surface area contributed by atoms with Gasteiger partial charge in [-0.3, -0.25) is 4.79 Å². The Balaban J connectivity index is 0.00000160. The number of carboxylic acid groups (broad SMARTS) is 1. The first-order valence-electron chi connectivity index (χ1n) is 7.76. The van der Waals surface area contributed by atoms with Crippen LogP contribution in [0, 0.1) is 6.07 Å². The summed E-state index contributed by atoms with van der Waals surface area (Å²) in [6.45, 7) is 0. The van der Waals surface area contributed by atoms with Crippen LogP contribution in [0.25, 0.3) is 33.4 Å². The molecule has 0 spiro atoms. The number of fused-ring (bicyclic) bond motifs is 2. The third-order valence-corrected chi connectivity index (χ3v) is 6.53. The maximum absolute atomic E-state index is 12.4. The number of halogens is 4. The molecule has 0 fully saturated rings. The van der Waals surface area contributed by atoms with Crippen LogP contribution < -0.4 is 113 Å². The Morgan fingerprint density at radius 1 is 1.00 bits per heavy atom. The summed E-state index contributed by atoms with van der Waals surface area (Å²) >= 11 is 13.4. The molecule has 0 aromatic heterocycles. The van der Waals surface area contributed by atoms with Crippen molar-refractivity contribution in [1.82, 2.24) is 0 Å². The summed E-state index contributed by atoms with van der Waals surface area (Å²) < 4.78 is 7.79. The van der Waals surface area contributed by atoms with E-state index >= 15 is 0 Å². The van der Waals surface area contributed by atoms with Gasteiger partial charge in [0.05, 0.1) is 10.4 Å². The SMILES string of the molecule is O=C([O-])c1ccccc1-c1c2cc(Br)c(=O)c(Br)c-2oc2c(Br)[c-]c(Br)cc12.[K+].[K+].[OH-]. The van der Waals surface area contributed by atoms with E-state index in [1.165, 1.54) is 6.07 Å². The zero-order valence-corrected chi connectivity index (χ0v) is 28.6. The smallest absolute Gasteiger partial charge is 0.870 e. The maximum Gasteiger partial charge on any atom is 1.00 e. The largest absolute Gasteiger partial charge is 1.00 e. The first-order valence-corrected chi connectivity index (χ1v) is 10.9. The average Bonchev–Trinajstić information content (AvgIpc) is 2.65. The quantitative estimate of drug-likeness (QED) is 0.160. The summed E-state index contributed by atoms with van der Waals surface area (Å²) in [4.78, 5) is 24.2. The molecule has 11 heteroatoms. The standard InChI is InChI=1S/C20H7Br4O4.2K.H2O/c21-8-5-11-15(9-3-1-2-4-10(9)20(26)27)12-7-13(22)17(25)16(24)19(12)28-18(11)14(23)6-8;;;/h1-5,7H,(H,26,27);;;1H2/q-1;2*+1;/p-2. The molecule has 31 heavy (non-hydrogen) atoms. The monoisotopic (exact) mass is 721 g/mol. The molecule has 148 valence electrons. The molecule has 0 amide bonds. The number of rotatable bonds is 2. The molecule has 2 aromatic carbocycles. The van der Waals surface area contributed by atoms with Gasteiger partial charge in [-0.05, 0) is 49.1 Å². The molecule has 0 atom stereocenters. The van der Waals surface area contributed by atoms with Crippen LogP contribution in [0.5, 0.6) is 0 Å². The van der Waals surface area contributed by atoms with Gasteiger partial charge in [-0.2, -0.15) is 6.07 Å². The number of benzene rings is 3. The molecule has 0 saturated carbocycles. The van der Waals surface area contributed by atoms with E-state index in [4.69, 9.17) is 4.42 Å². The number of hydrogen-bond acceptors (Lipinski definition) is 5. The first-order chi connectivity index (χ1) is 13.3. The molecular weight excluding hydrogens is 718 g/mol. The Bertz CT molecular complexity index is 1320. The van der Waals surface area contributed by atoms with Crippen molar-refractivity contribution in [2.24, 2.45) is 0 Å². The third kappa shape index (κ3) is 5.95. The van der Waals surface area contributed by atoms with E-state index in [1.54, 1.807) is 30.3 Å². The van der Waals surface area contributed by atoms with E-state index in [2.05, 4.69) is 69.8 Å². The van der Waals surface area contributed by atoms with E-state index in [0.717, 1.165) is 0 Å². The van der Waals surface area contributed by atoms with Crippen molar-refractivity contribution in [2.75, 3.05) is 0 Å². The van der Waals surface area contributed by atoms with Crippen LogP contribution in [-0.2, 0) is 0 Å². The molecule has 1 heterocycles. The van der Waals surface area contributed by atoms with E-state index in [0.29, 0.717) is 46.8 Å². The number of aromatic carboxylic acids is 1. The molecule has 2 aromatic rings. The predicted molar refractivity (Wildman–Crippen MR) is 120 cm³/mol. The van der Waals surface area contributed by atoms with E-state index in [-0.39, 0.29) is 124 Å². The first kappa shape index (κ1) is 30.8. The second-order valence-electron chi connectivity index (χ2n) is 5.86. The molecule has 0 unspecified atom stereocenters. The van der Waals surface area contributed by atoms with Gasteiger partial charge in [-0.25, -0.2) is 0 Å². The summed E-state index contributed by atoms with van der Waals surface area (Å²) in [6, 6.07) is 13.0. The van der Waals surface area contributed by atoms with Crippen LogP contribution in [0.3, 0.4) is 0 Å². The summed E-state index contributed by atoms with van der Waals surface area (Å²) in [6.07, 6.45) is 0. The molecule has 0 radical (unpaired) electrons. The zero-order chi connectivity index (χ0) is 20.2. The van der Waals surface area contributed by atoms with Gasteiger partial charge in [-0.1, -0.05) is 70.5 Å². The minimum Gasteiger partial charge on any atom is -0.870 e. The Labute approximate surface area is 295 Å². The number of carbonyl (C=O) groups is 1. The fourth-order valence-corrected chi connectivity index (χ4v) is 5.48. The minimum atomic E-state index is -1.29. The van der Waals surface area contributed by atoms with E-state index < -0.39 is 5.97 Å². The molecule has 1 aliphatic heterocycles. The fourth-order valence-electron chi connectivity index (χ4n) is 3.08. The third-order valence-electron chi connectivity index (χ3n) is 4.23. The van der Waals surface area contributed by atoms with Gasteiger partial charge >= 0.3 is 103 Å². The van der Waals surface area contributed by atoms with Crippen LogP contribution in [0.15, 0.2) is 63.5 Å². The number of carbonyl (C=O) groups excluding carboxylic acids is 1. The maximum atomic E-state index is 12.4. The van der Waals surface area contributed by atoms with Crippen LogP contribution in [0.1, 0.15) is 10.4 Å². The Morgan fingerprint density at radius 3 is 2.29 bits per heavy atom. The van der Waals surface area contributed by atoms with E-state index in [9.17, 15) is 14.7 Å². The van der Waals surface area contributed by atoms with Crippen molar-refractivity contribution >= 4 is 80.7 Å². The summed E-state index contributed by atoms with van der Waals surface area (Å²) in [7, 11) is 0. The fraction of sp³-hybridized carbons (Fsp3) is 0. The van der Waals surface area contributed by atoms with Gasteiger partial charge in [0.1, 0.15) is 10.2 Å². The van der Waals surface area contributed by atoms with Gasteiger partial charge in [-0.15, -0.1) is 6.07 Å². The van der Waals surface area contributed by atoms with Crippen LogP contribution in [0.4, 0.5) is 0 Å². The molecule has 1 N–H and O–H groups in total. The van der Waals surface area contributed by atoms with Gasteiger partial charge in [0.2, 0.25) is 5.43 Å². The summed E-state index contributed by atoms with van der Waals surface area (Å²) in [5.41, 5.74) is 1.83. The molecular formula is C20H7Br4K2O5-. The van der Waals surface area contributed by atoms with E-state index in [1.807, 2.05) is 0 Å². The van der Waals surface area contributed by atoms with Crippen LogP contribution in [0.2, 0.25) is 0 Å². The minimum absolute atomic E-state index is 0. The molecule has 4 rings (SSSR count). The molecule has 0 bridgehead atoms. The number of hydrogen-bond donors (Lipinski definition) is 0. The van der Waals surface area contributed by atoms with Gasteiger partial charge in [0.15, 0.2) is 0 Å². The molecule has 0 saturated heterocycles. The normalized spacial score (nSPS) is 10.2. The van der Waals surface area contributed by atoms with Crippen LogP contribution >= 0.6 is 63.7 Å². The topological polar surface area (TPSA) is 100 Å². The van der Waals surface area contributed by atoms with Crippen molar-refractivity contribution < 1.29 is 123 Å². The predicted octanol–water partition coefficient (Wildman–Crippen LogP) is -0.390. The summed E-state index contributed by atoms with van der Waals surface area (Å²) in [5, 5.41) is 12.4. The Kier molecular flexibility index (Phi) is 12.5. The zero-order valence-electron chi connectivity index (χ0n) is 16.1. The molecule has 1 aliphatic carbocycles. The van der Waals surface area contributed by atoms with Crippen molar-refractivity contribution in [3.63, 3.8) is 0 Å². The van der Waals surface area contributed by atoms with Crippen LogP contribution in [-0.4, -0.2) is 11.4 Å². The van der Waals surface area contributed by atoms with Gasteiger partial charge < -0.3 is 19.8 Å². The van der Waals surface area contributed by atoms with Gasteiger partial charge in [0, 0.05) is 16.7 Å². The average molecular weight is 725 g/mol. The Morgan fingerprint density at radius 2 is 1.65 bits per heavy atom. The van der Waals surface area contributed by atoms with Crippen molar-refractivity contribution in [2.45, 2.75) is 0 Å². The molecule has 5 nitrogen and oxygen atoms in total. The Hall–Kier alpha value is 1.75.